The molecule has 0 aromatic rings. The first-order valence-electron chi connectivity index (χ1n) is 4.89. The van der Waals surface area contributed by atoms with Crippen LogP contribution in [0.2, 0.25) is 0 Å². The number of β-amino-alcohol motifs (C(OH)–C–C–N with tert-alkyl or cyclic N) is 1. The van der Waals surface area contributed by atoms with Crippen LogP contribution in [0.1, 0.15) is 19.3 Å². The van der Waals surface area contributed by atoms with E-state index in [-0.39, 0.29) is 24.0 Å². The molecule has 2 atom stereocenters. The Hall–Kier alpha value is -0.610. The van der Waals surface area contributed by atoms with Gasteiger partial charge in [0.25, 0.3) is 0 Å². The van der Waals surface area contributed by atoms with Crippen LogP contribution in [0.25, 0.3) is 0 Å². The highest BCUT2D eigenvalue weighted by atomic mass is 16.3. The summed E-state index contributed by atoms with van der Waals surface area (Å²) in [4.78, 5) is 13.4. The third-order valence-electron chi connectivity index (χ3n) is 3.00. The van der Waals surface area contributed by atoms with E-state index < -0.39 is 0 Å². The van der Waals surface area contributed by atoms with E-state index in [4.69, 9.17) is 10.8 Å². The Labute approximate surface area is 77.7 Å². The lowest BCUT2D eigenvalue weighted by Gasteiger charge is -2.37. The van der Waals surface area contributed by atoms with Gasteiger partial charge in [-0.25, -0.2) is 0 Å². The van der Waals surface area contributed by atoms with Gasteiger partial charge in [0, 0.05) is 25.0 Å². The van der Waals surface area contributed by atoms with Crippen LogP contribution < -0.4 is 5.73 Å². The smallest absolute Gasteiger partial charge is 0.225 e. The molecule has 0 radical (unpaired) electrons. The van der Waals surface area contributed by atoms with Gasteiger partial charge in [-0.2, -0.15) is 0 Å². The number of aliphatic hydroxyl groups excluding tert-OH is 1. The first-order chi connectivity index (χ1) is 6.16. The average molecular weight is 184 g/mol. The molecule has 0 aromatic heterocycles. The molecule has 3 N–H and O–H groups in total. The topological polar surface area (TPSA) is 66.6 Å². The van der Waals surface area contributed by atoms with Gasteiger partial charge in [-0.05, 0) is 19.3 Å². The van der Waals surface area contributed by atoms with Gasteiger partial charge in [-0.15, -0.1) is 0 Å². The molecule has 0 spiro atoms. The van der Waals surface area contributed by atoms with Crippen LogP contribution in [-0.2, 0) is 4.79 Å². The molecule has 2 rings (SSSR count). The minimum absolute atomic E-state index is 0.127. The molecule has 1 amide bonds. The third kappa shape index (κ3) is 1.69. The summed E-state index contributed by atoms with van der Waals surface area (Å²) in [6.45, 7) is 1.04. The van der Waals surface area contributed by atoms with Crippen LogP contribution in [0, 0.1) is 5.92 Å². The number of nitrogens with two attached hydrogens (primary N) is 1. The van der Waals surface area contributed by atoms with Gasteiger partial charge < -0.3 is 15.7 Å². The molecule has 0 aromatic carbocycles. The Kier molecular flexibility index (Phi) is 2.26. The largest absolute Gasteiger partial charge is 0.389 e. The van der Waals surface area contributed by atoms with E-state index in [0.717, 1.165) is 19.3 Å². The summed E-state index contributed by atoms with van der Waals surface area (Å²) in [5.41, 5.74) is 5.73. The molecule has 2 unspecified atom stereocenters. The van der Waals surface area contributed by atoms with Crippen LogP contribution in [0.4, 0.5) is 0 Å². The van der Waals surface area contributed by atoms with Crippen molar-refractivity contribution in [3.63, 3.8) is 0 Å². The fourth-order valence-corrected chi connectivity index (χ4v) is 2.13. The fraction of sp³-hybridized carbons (Fsp3) is 0.889. The third-order valence-corrected chi connectivity index (χ3v) is 3.00. The number of rotatable bonds is 1. The first-order valence-corrected chi connectivity index (χ1v) is 4.89. The van der Waals surface area contributed by atoms with Gasteiger partial charge in [0.1, 0.15) is 0 Å². The summed E-state index contributed by atoms with van der Waals surface area (Å²) in [5.74, 6) is 0.320. The van der Waals surface area contributed by atoms with Gasteiger partial charge in [-0.3, -0.25) is 4.79 Å². The van der Waals surface area contributed by atoms with Gasteiger partial charge in [0.15, 0.2) is 0 Å². The van der Waals surface area contributed by atoms with E-state index in [1.165, 1.54) is 0 Å². The molecule has 74 valence electrons. The van der Waals surface area contributed by atoms with Crippen LogP contribution in [-0.4, -0.2) is 41.1 Å². The predicted molar refractivity (Wildman–Crippen MR) is 47.9 cm³/mol. The van der Waals surface area contributed by atoms with Crippen molar-refractivity contribution in [3.8, 4) is 0 Å². The number of aliphatic hydroxyl groups is 1. The number of carbonyl (C=O) groups excluding carboxylic acids is 1. The zero-order valence-electron chi connectivity index (χ0n) is 7.65. The van der Waals surface area contributed by atoms with E-state index >= 15 is 0 Å². The fourth-order valence-electron chi connectivity index (χ4n) is 2.13. The van der Waals surface area contributed by atoms with E-state index in [1.807, 2.05) is 0 Å². The Bertz CT molecular complexity index is 214. The Balaban J connectivity index is 1.84. The SMILES string of the molecule is NC1CCC(C(=O)N2CC(O)C2)C1. The lowest BCUT2D eigenvalue weighted by atomic mass is 10.0. The zero-order chi connectivity index (χ0) is 9.42. The van der Waals surface area contributed by atoms with Crippen molar-refractivity contribution in [1.82, 2.24) is 4.90 Å². The molecule has 1 aliphatic heterocycles. The molecule has 1 heterocycles. The summed E-state index contributed by atoms with van der Waals surface area (Å²) in [6.07, 6.45) is 2.42. The molecule has 0 bridgehead atoms. The molecule has 1 saturated heterocycles. The van der Waals surface area contributed by atoms with E-state index in [9.17, 15) is 4.79 Å². The van der Waals surface area contributed by atoms with E-state index in [1.54, 1.807) is 4.90 Å². The van der Waals surface area contributed by atoms with Crippen molar-refractivity contribution >= 4 is 5.91 Å². The van der Waals surface area contributed by atoms with Crippen molar-refractivity contribution < 1.29 is 9.90 Å². The van der Waals surface area contributed by atoms with Crippen molar-refractivity contribution in [3.05, 3.63) is 0 Å². The highest BCUT2D eigenvalue weighted by Gasteiger charge is 2.36. The minimum atomic E-state index is -0.293. The van der Waals surface area contributed by atoms with Crippen molar-refractivity contribution in [2.24, 2.45) is 11.7 Å². The van der Waals surface area contributed by atoms with Crippen molar-refractivity contribution in [2.45, 2.75) is 31.4 Å². The highest BCUT2D eigenvalue weighted by molar-refractivity contribution is 5.80. The molecule has 2 fully saturated rings. The molecule has 1 saturated carbocycles. The van der Waals surface area contributed by atoms with Crippen molar-refractivity contribution in [1.29, 1.82) is 0 Å². The molecular formula is C9H16N2O2. The second-order valence-electron chi connectivity index (χ2n) is 4.17. The van der Waals surface area contributed by atoms with E-state index in [0.29, 0.717) is 13.1 Å². The number of hydrogen-bond acceptors (Lipinski definition) is 3. The lowest BCUT2D eigenvalue weighted by Crippen LogP contribution is -2.55. The average Bonchev–Trinajstić information content (AvgIpc) is 2.45. The Morgan fingerprint density at radius 1 is 1.38 bits per heavy atom. The predicted octanol–water partition coefficient (Wildman–Crippen LogP) is -0.683. The maximum atomic E-state index is 11.7. The number of likely N-dealkylation sites (tertiary alicyclic amines) is 1. The van der Waals surface area contributed by atoms with Crippen LogP contribution in [0.3, 0.4) is 0 Å². The van der Waals surface area contributed by atoms with Crippen LogP contribution in [0.15, 0.2) is 0 Å². The number of hydrogen-bond donors (Lipinski definition) is 2. The normalized spacial score (nSPS) is 34.8. The van der Waals surface area contributed by atoms with Crippen LogP contribution in [0.5, 0.6) is 0 Å². The molecule has 13 heavy (non-hydrogen) atoms. The zero-order valence-corrected chi connectivity index (χ0v) is 7.65. The van der Waals surface area contributed by atoms with Gasteiger partial charge in [-0.1, -0.05) is 0 Å². The van der Waals surface area contributed by atoms with Crippen molar-refractivity contribution in [2.75, 3.05) is 13.1 Å². The van der Waals surface area contributed by atoms with Gasteiger partial charge >= 0.3 is 0 Å². The van der Waals surface area contributed by atoms with Gasteiger partial charge in [0.2, 0.25) is 5.91 Å². The number of amides is 1. The lowest BCUT2D eigenvalue weighted by molar-refractivity contribution is -0.145. The number of nitrogens with zero attached hydrogens (tertiary/aromatic N) is 1. The second-order valence-corrected chi connectivity index (χ2v) is 4.17. The summed E-state index contributed by atoms with van der Waals surface area (Å²) in [5, 5.41) is 9.04. The second kappa shape index (κ2) is 3.27. The summed E-state index contributed by atoms with van der Waals surface area (Å²) in [6, 6.07) is 0.208. The maximum absolute atomic E-state index is 11.7. The molecule has 4 nitrogen and oxygen atoms in total. The van der Waals surface area contributed by atoms with Gasteiger partial charge in [0.05, 0.1) is 6.10 Å². The standard InChI is InChI=1S/C9H16N2O2/c10-7-2-1-6(3-7)9(13)11-4-8(12)5-11/h6-8,12H,1-5,10H2. The molecule has 2 aliphatic rings. The monoisotopic (exact) mass is 184 g/mol. The first kappa shape index (κ1) is 8.97. The number of carbonyl (C=O) groups is 1. The Morgan fingerprint density at radius 3 is 2.54 bits per heavy atom. The Morgan fingerprint density at radius 2 is 2.08 bits per heavy atom. The maximum Gasteiger partial charge on any atom is 0.225 e. The summed E-state index contributed by atoms with van der Waals surface area (Å²) in [7, 11) is 0. The molecule has 4 heteroatoms. The summed E-state index contributed by atoms with van der Waals surface area (Å²) >= 11 is 0. The quantitative estimate of drug-likeness (QED) is 0.567. The summed E-state index contributed by atoms with van der Waals surface area (Å²) < 4.78 is 0. The molecule has 1 aliphatic carbocycles. The molecular weight excluding hydrogens is 168 g/mol. The highest BCUT2D eigenvalue weighted by Crippen LogP contribution is 2.27. The van der Waals surface area contributed by atoms with E-state index in [2.05, 4.69) is 0 Å². The minimum Gasteiger partial charge on any atom is -0.389 e. The van der Waals surface area contributed by atoms with Crippen LogP contribution >= 0.6 is 0 Å².